The number of hydrogen-bond acceptors (Lipinski definition) is 10. The molecule has 1 amide bonds. The minimum absolute atomic E-state index is 0.148. The molecule has 2 saturated heterocycles. The number of carbonyl (C=O) groups excluding carboxylic acids is 1. The second-order valence-corrected chi connectivity index (χ2v) is 8.11. The van der Waals surface area contributed by atoms with Gasteiger partial charge in [-0.15, -0.1) is 0 Å². The Labute approximate surface area is 189 Å². The van der Waals surface area contributed by atoms with Gasteiger partial charge >= 0.3 is 11.8 Å². The van der Waals surface area contributed by atoms with Gasteiger partial charge in [0.15, 0.2) is 24.2 Å². The molecule has 13 heteroatoms. The van der Waals surface area contributed by atoms with E-state index in [1.165, 1.54) is 0 Å². The Hall–Kier alpha value is -2.16. The maximum absolute atomic E-state index is 14.5. The van der Waals surface area contributed by atoms with Crippen LogP contribution in [0.2, 0.25) is 0 Å². The van der Waals surface area contributed by atoms with E-state index in [9.17, 15) is 29.3 Å². The molecule has 0 aliphatic carbocycles. The van der Waals surface area contributed by atoms with Crippen LogP contribution < -0.4 is 11.0 Å². The minimum Gasteiger partial charge on any atom is -0.449 e. The first kappa shape index (κ1) is 25.5. The fraction of sp³-hybridized carbons (Fsp3) is 0.750. The Kier molecular flexibility index (Phi) is 8.37. The van der Waals surface area contributed by atoms with E-state index in [1.807, 2.05) is 6.92 Å². The van der Waals surface area contributed by atoms with Crippen molar-refractivity contribution in [1.29, 1.82) is 0 Å². The lowest BCUT2D eigenvalue weighted by atomic mass is 10.1. The molecule has 4 N–H and O–H groups in total. The first-order chi connectivity index (χ1) is 15.6. The summed E-state index contributed by atoms with van der Waals surface area (Å²) in [6, 6.07) is 0. The summed E-state index contributed by atoms with van der Waals surface area (Å²) < 4.78 is 36.7. The van der Waals surface area contributed by atoms with Gasteiger partial charge in [-0.1, -0.05) is 19.8 Å². The number of rotatable bonds is 8. The molecule has 0 saturated carbocycles. The van der Waals surface area contributed by atoms with Crippen LogP contribution in [0.1, 0.15) is 46.3 Å². The highest BCUT2D eigenvalue weighted by atomic mass is 19.1. The number of amides is 1. The molecule has 0 unspecified atom stereocenters. The van der Waals surface area contributed by atoms with Crippen molar-refractivity contribution < 1.29 is 43.5 Å². The Bertz CT molecular complexity index is 885. The van der Waals surface area contributed by atoms with Crippen molar-refractivity contribution >= 4 is 11.9 Å². The van der Waals surface area contributed by atoms with E-state index in [4.69, 9.17) is 18.9 Å². The monoisotopic (exact) mass is 475 g/mol. The first-order valence-electron chi connectivity index (χ1n) is 10.9. The van der Waals surface area contributed by atoms with Gasteiger partial charge in [0.1, 0.15) is 24.4 Å². The molecule has 0 aromatic carbocycles. The second-order valence-electron chi connectivity index (χ2n) is 8.11. The predicted molar refractivity (Wildman–Crippen MR) is 110 cm³/mol. The molecule has 0 bridgehead atoms. The zero-order valence-electron chi connectivity index (χ0n) is 18.6. The van der Waals surface area contributed by atoms with Crippen LogP contribution in [0.3, 0.4) is 0 Å². The van der Waals surface area contributed by atoms with Crippen molar-refractivity contribution in [2.45, 2.75) is 89.2 Å². The Morgan fingerprint density at radius 1 is 1.18 bits per heavy atom. The second kappa shape index (κ2) is 10.8. The van der Waals surface area contributed by atoms with Gasteiger partial charge in [0.25, 0.3) is 0 Å². The van der Waals surface area contributed by atoms with E-state index in [2.05, 4.69) is 10.3 Å². The van der Waals surface area contributed by atoms with Gasteiger partial charge in [0.05, 0.1) is 25.0 Å². The quantitative estimate of drug-likeness (QED) is 0.384. The molecule has 2 fully saturated rings. The number of anilines is 1. The van der Waals surface area contributed by atoms with Gasteiger partial charge in [0, 0.05) is 0 Å². The number of ether oxygens (including phenoxy) is 4. The summed E-state index contributed by atoms with van der Waals surface area (Å²) in [7, 11) is 0. The van der Waals surface area contributed by atoms with Gasteiger partial charge in [-0.25, -0.2) is 14.0 Å². The van der Waals surface area contributed by atoms with Crippen LogP contribution in [0.4, 0.5) is 15.0 Å². The number of hydrogen-bond donors (Lipinski definition) is 4. The summed E-state index contributed by atoms with van der Waals surface area (Å²) in [4.78, 5) is 27.8. The molecule has 0 radical (unpaired) electrons. The smallest absolute Gasteiger partial charge is 0.412 e. The summed E-state index contributed by atoms with van der Waals surface area (Å²) in [5.41, 5.74) is -0.990. The zero-order valence-corrected chi connectivity index (χ0v) is 18.6. The maximum Gasteiger partial charge on any atom is 0.412 e. The molecule has 2 aliphatic heterocycles. The largest absolute Gasteiger partial charge is 0.449 e. The Balaban J connectivity index is 1.67. The van der Waals surface area contributed by atoms with Crippen LogP contribution in [-0.2, 0) is 18.9 Å². The third kappa shape index (κ3) is 5.67. The fourth-order valence-corrected chi connectivity index (χ4v) is 3.68. The number of nitrogens with zero attached hydrogens (tertiary/aromatic N) is 2. The third-order valence-corrected chi connectivity index (χ3v) is 5.58. The van der Waals surface area contributed by atoms with E-state index in [-0.39, 0.29) is 6.61 Å². The van der Waals surface area contributed by atoms with Crippen molar-refractivity contribution in [3.63, 3.8) is 0 Å². The third-order valence-electron chi connectivity index (χ3n) is 5.58. The summed E-state index contributed by atoms with van der Waals surface area (Å²) in [5, 5.41) is 32.6. The van der Waals surface area contributed by atoms with Crippen molar-refractivity contribution in [3.05, 3.63) is 22.5 Å². The van der Waals surface area contributed by atoms with Crippen LogP contribution in [-0.4, -0.2) is 80.5 Å². The highest BCUT2D eigenvalue weighted by Crippen LogP contribution is 2.33. The summed E-state index contributed by atoms with van der Waals surface area (Å²) in [6.45, 7) is 5.24. The molecular weight excluding hydrogens is 445 g/mol. The molecule has 33 heavy (non-hydrogen) atoms. The number of aliphatic hydroxyl groups excluding tert-OH is 3. The van der Waals surface area contributed by atoms with Crippen LogP contribution in [0.25, 0.3) is 0 Å². The zero-order chi connectivity index (χ0) is 24.3. The van der Waals surface area contributed by atoms with Gasteiger partial charge in [-0.05, 0) is 20.3 Å². The number of unbranched alkanes of at least 4 members (excludes halogenated alkanes) is 2. The molecule has 1 aromatic heterocycles. The van der Waals surface area contributed by atoms with E-state index < -0.39 is 72.6 Å². The van der Waals surface area contributed by atoms with Gasteiger partial charge < -0.3 is 34.3 Å². The summed E-state index contributed by atoms with van der Waals surface area (Å²) in [5.74, 6) is -1.66. The topological polar surface area (TPSA) is 162 Å². The van der Waals surface area contributed by atoms with E-state index in [0.29, 0.717) is 6.42 Å². The van der Waals surface area contributed by atoms with Crippen LogP contribution >= 0.6 is 0 Å². The molecule has 186 valence electrons. The van der Waals surface area contributed by atoms with E-state index in [0.717, 1.165) is 23.6 Å². The predicted octanol–water partition coefficient (Wildman–Crippen LogP) is 0.251. The van der Waals surface area contributed by atoms with Crippen LogP contribution in [0, 0.1) is 5.82 Å². The summed E-state index contributed by atoms with van der Waals surface area (Å²) >= 11 is 0. The Morgan fingerprint density at radius 2 is 1.91 bits per heavy atom. The number of nitrogens with one attached hydrogen (secondary N) is 1. The highest BCUT2D eigenvalue weighted by Gasteiger charge is 2.49. The van der Waals surface area contributed by atoms with E-state index in [1.54, 1.807) is 13.8 Å². The van der Waals surface area contributed by atoms with Gasteiger partial charge in [-0.3, -0.25) is 9.88 Å². The Morgan fingerprint density at radius 3 is 2.55 bits per heavy atom. The molecular formula is C20H30FN3O9. The van der Waals surface area contributed by atoms with Crippen LogP contribution in [0.5, 0.6) is 0 Å². The number of halogens is 1. The summed E-state index contributed by atoms with van der Waals surface area (Å²) in [6.07, 6.45) is -6.79. The van der Waals surface area contributed by atoms with Crippen molar-refractivity contribution in [2.75, 3.05) is 11.9 Å². The SMILES string of the molecule is CCCCCOC(=O)Nc1nc(=O)n([C@@H]2O[C@H](C)[C@@H](O[C@H]3O[C@H](C)[C@H](O)[C@@H]3O)[C@@H]2O)cc1F. The first-order valence-corrected chi connectivity index (χ1v) is 10.9. The lowest BCUT2D eigenvalue weighted by Crippen LogP contribution is -2.42. The van der Waals surface area contributed by atoms with Gasteiger partial charge in [-0.2, -0.15) is 4.98 Å². The standard InChI is InChI=1S/C20H30FN3O9/c1-4-5-6-7-30-20(29)23-16-11(21)8-24(19(28)22-16)17-14(27)15(10(3)31-17)33-18-13(26)12(25)9(2)32-18/h8-10,12-15,17-18,25-27H,4-7H2,1-3H3,(H,22,23,28,29)/t9-,10-,12+,13+,14+,15-,17-,18-/m1/s1. The molecule has 1 aromatic rings. The molecule has 12 nitrogen and oxygen atoms in total. The fourth-order valence-electron chi connectivity index (χ4n) is 3.68. The maximum atomic E-state index is 14.5. The number of carbonyl (C=O) groups is 1. The average molecular weight is 475 g/mol. The lowest BCUT2D eigenvalue weighted by Gasteiger charge is -2.24. The minimum atomic E-state index is -1.45. The van der Waals surface area contributed by atoms with Crippen LogP contribution in [0.15, 0.2) is 11.0 Å². The normalized spacial score (nSPS) is 33.9. The van der Waals surface area contributed by atoms with Crippen molar-refractivity contribution in [2.24, 2.45) is 0 Å². The molecule has 3 heterocycles. The molecule has 0 spiro atoms. The van der Waals surface area contributed by atoms with Crippen molar-refractivity contribution in [1.82, 2.24) is 9.55 Å². The average Bonchev–Trinajstić information content (AvgIpc) is 3.18. The molecule has 2 aliphatic rings. The molecule has 8 atom stereocenters. The van der Waals surface area contributed by atoms with E-state index >= 15 is 0 Å². The highest BCUT2D eigenvalue weighted by molar-refractivity contribution is 5.83. The van der Waals surface area contributed by atoms with Crippen molar-refractivity contribution in [3.8, 4) is 0 Å². The number of aliphatic hydroxyl groups is 3. The van der Waals surface area contributed by atoms with Gasteiger partial charge in [0.2, 0.25) is 0 Å². The molecule has 3 rings (SSSR count). The lowest BCUT2D eigenvalue weighted by molar-refractivity contribution is -0.207. The number of aromatic nitrogens is 2.